The molecule has 2 aromatic heterocycles. The summed E-state index contributed by atoms with van der Waals surface area (Å²) in [4.78, 5) is 70.1. The third kappa shape index (κ3) is 8.65. The lowest BCUT2D eigenvalue weighted by molar-refractivity contribution is -0.173. The first kappa shape index (κ1) is 35.4. The summed E-state index contributed by atoms with van der Waals surface area (Å²) in [6.45, 7) is 11.3. The average Bonchev–Trinajstić information content (AvgIpc) is 3.65. The van der Waals surface area contributed by atoms with Gasteiger partial charge in [-0.3, -0.25) is 24.6 Å². The number of nitrogens with one attached hydrogen (secondary N) is 2. The largest absolute Gasteiger partial charge is 0.444 e. The van der Waals surface area contributed by atoms with Gasteiger partial charge in [0.1, 0.15) is 26.9 Å². The molecule has 0 spiro atoms. The highest BCUT2D eigenvalue weighted by Crippen LogP contribution is 2.42. The van der Waals surface area contributed by atoms with Crippen LogP contribution >= 0.6 is 46.4 Å². The van der Waals surface area contributed by atoms with Gasteiger partial charge in [-0.2, -0.15) is 0 Å². The molecule has 0 aliphatic carbocycles. The molecule has 2 N–H and O–H groups in total. The molecule has 2 aliphatic heterocycles. The van der Waals surface area contributed by atoms with E-state index in [0.717, 1.165) is 15.5 Å². The first-order valence-corrected chi connectivity index (χ1v) is 17.6. The number of hydrogen-bond acceptors (Lipinski definition) is 15. The number of thioether (sulfide) groups is 2. The highest BCUT2D eigenvalue weighted by Gasteiger charge is 2.54. The van der Waals surface area contributed by atoms with Crippen molar-refractivity contribution < 1.29 is 38.2 Å². The van der Waals surface area contributed by atoms with Crippen molar-refractivity contribution in [2.75, 3.05) is 23.6 Å². The third-order valence-corrected chi connectivity index (χ3v) is 10.2. The highest BCUT2D eigenvalue weighted by molar-refractivity contribution is 8.01. The van der Waals surface area contributed by atoms with Crippen molar-refractivity contribution in [1.82, 2.24) is 24.8 Å². The fourth-order valence-electron chi connectivity index (χ4n) is 4.04. The molecule has 1 fully saturated rings. The lowest BCUT2D eigenvalue weighted by Gasteiger charge is -2.49. The van der Waals surface area contributed by atoms with Crippen LogP contribution in [-0.2, 0) is 33.4 Å². The molecule has 0 radical (unpaired) electrons. The summed E-state index contributed by atoms with van der Waals surface area (Å²) in [6.07, 6.45) is 2.49. The molecule has 2 atom stereocenters. The van der Waals surface area contributed by atoms with Gasteiger partial charge in [0.05, 0.1) is 22.9 Å². The van der Waals surface area contributed by atoms with Crippen LogP contribution in [0.5, 0.6) is 0 Å². The van der Waals surface area contributed by atoms with Crippen LogP contribution in [0.25, 0.3) is 5.57 Å². The Morgan fingerprint density at radius 2 is 1.89 bits per heavy atom. The molecule has 2 aliphatic rings. The van der Waals surface area contributed by atoms with E-state index in [4.69, 9.17) is 14.2 Å². The molecule has 0 aromatic carbocycles. The molecular formula is C28H34N6O8S4. The molecule has 0 saturated carbocycles. The van der Waals surface area contributed by atoms with E-state index in [1.807, 2.05) is 0 Å². The number of hydrogen-bond donors (Lipinski definition) is 2. The van der Waals surface area contributed by atoms with Crippen LogP contribution in [0.3, 0.4) is 0 Å². The van der Waals surface area contributed by atoms with Gasteiger partial charge in [0.15, 0.2) is 5.13 Å². The molecule has 4 rings (SSSR count). The van der Waals surface area contributed by atoms with Gasteiger partial charge in [-0.25, -0.2) is 14.6 Å². The van der Waals surface area contributed by atoms with Crippen molar-refractivity contribution in [3.8, 4) is 0 Å². The van der Waals surface area contributed by atoms with Crippen molar-refractivity contribution in [1.29, 1.82) is 0 Å². The molecule has 4 heterocycles. The van der Waals surface area contributed by atoms with Crippen LogP contribution in [0.1, 0.15) is 54.2 Å². The molecule has 0 unspecified atom stereocenters. The minimum atomic E-state index is -0.924. The topological polar surface area (TPSA) is 179 Å². The number of aromatic nitrogens is 3. The number of fused-ring (bicyclic) bond motifs is 1. The Bertz CT molecular complexity index is 1560. The van der Waals surface area contributed by atoms with E-state index in [0.29, 0.717) is 22.8 Å². The van der Waals surface area contributed by atoms with Gasteiger partial charge in [0.2, 0.25) is 6.79 Å². The molecule has 1 saturated heterocycles. The van der Waals surface area contributed by atoms with E-state index < -0.39 is 59.1 Å². The minimum absolute atomic E-state index is 0.0552. The molecule has 3 amide bonds. The maximum atomic E-state index is 13.5. The number of ether oxygens (including phenoxy) is 3. The molecular weight excluding hydrogens is 677 g/mol. The number of rotatable bonds is 10. The lowest BCUT2D eigenvalue weighted by Crippen LogP contribution is -2.70. The van der Waals surface area contributed by atoms with Crippen LogP contribution in [0.4, 0.5) is 9.93 Å². The van der Waals surface area contributed by atoms with Crippen LogP contribution in [0.15, 0.2) is 33.1 Å². The second-order valence-corrected chi connectivity index (χ2v) is 16.0. The van der Waals surface area contributed by atoms with Gasteiger partial charge >= 0.3 is 18.0 Å². The summed E-state index contributed by atoms with van der Waals surface area (Å²) in [5.41, 5.74) is -0.274. The minimum Gasteiger partial charge on any atom is -0.444 e. The Labute approximate surface area is 282 Å². The first-order valence-electron chi connectivity index (χ1n) is 13.9. The van der Waals surface area contributed by atoms with E-state index in [9.17, 15) is 24.0 Å². The monoisotopic (exact) mass is 710 g/mol. The third-order valence-electron chi connectivity index (χ3n) is 6.17. The number of nitrogens with zero attached hydrogens (tertiary/aromatic N) is 4. The standard InChI is InChI=1S/C28H34N6O8S4/c1-8-15(16-12-45-25(30-16)32-26(39)42-28(5,6)7)20(35)31-18-21(36)34-19(23(37)40-13-41-24(38)27(2,3)4)14(11-44-22(18)34)10-43-17-9-29-33-46-17/h8-9,12,18,22H,10-11,13H2,1-7H3,(H,31,35)(H,30,32,39)/b15-8-/t18-,22-/m1/s1. The van der Waals surface area contributed by atoms with E-state index >= 15 is 0 Å². The van der Waals surface area contributed by atoms with Crippen LogP contribution in [-0.4, -0.2) is 84.6 Å². The normalized spacial score (nSPS) is 18.4. The van der Waals surface area contributed by atoms with Gasteiger partial charge < -0.3 is 19.5 Å². The van der Waals surface area contributed by atoms with E-state index in [1.165, 1.54) is 40.0 Å². The number of allylic oxidation sites excluding steroid dienone is 1. The zero-order chi connectivity index (χ0) is 33.8. The number of carbonyl (C=O) groups is 5. The number of esters is 2. The van der Waals surface area contributed by atoms with Gasteiger partial charge in [0.25, 0.3) is 11.8 Å². The van der Waals surface area contributed by atoms with Crippen molar-refractivity contribution in [3.63, 3.8) is 0 Å². The number of anilines is 1. The first-order chi connectivity index (χ1) is 21.6. The molecule has 18 heteroatoms. The van der Waals surface area contributed by atoms with Gasteiger partial charge in [-0.05, 0) is 65.6 Å². The zero-order valence-corrected chi connectivity index (χ0v) is 29.5. The predicted octanol–water partition coefficient (Wildman–Crippen LogP) is 4.28. The SMILES string of the molecule is C/C=C(\C(=O)N[C@@H]1C(=O)N2C(C(=O)OCOC(=O)C(C)(C)C)=C(CSc3cnns3)CS[C@H]12)c1csc(NC(=O)OC(C)(C)C)n1. The van der Waals surface area contributed by atoms with Crippen LogP contribution < -0.4 is 10.6 Å². The fraction of sp³-hybridized carbons (Fsp3) is 0.500. The molecule has 14 nitrogen and oxygen atoms in total. The average molecular weight is 711 g/mol. The molecule has 2 aromatic rings. The summed E-state index contributed by atoms with van der Waals surface area (Å²) in [6, 6.07) is -0.924. The predicted molar refractivity (Wildman–Crippen MR) is 175 cm³/mol. The van der Waals surface area contributed by atoms with Crippen molar-refractivity contribution in [2.45, 2.75) is 69.7 Å². The number of carbonyl (C=O) groups excluding carboxylic acids is 5. The van der Waals surface area contributed by atoms with Crippen molar-refractivity contribution >= 4 is 86.9 Å². The molecule has 248 valence electrons. The summed E-state index contributed by atoms with van der Waals surface area (Å²) in [5.74, 6) is -1.65. The fourth-order valence-corrected chi connectivity index (χ4v) is 7.65. The Balaban J connectivity index is 1.45. The van der Waals surface area contributed by atoms with Crippen molar-refractivity contribution in [3.05, 3.63) is 34.6 Å². The van der Waals surface area contributed by atoms with E-state index in [1.54, 1.807) is 66.1 Å². The lowest BCUT2D eigenvalue weighted by atomic mass is 9.98. The van der Waals surface area contributed by atoms with E-state index in [2.05, 4.69) is 25.2 Å². The van der Waals surface area contributed by atoms with Gasteiger partial charge in [0, 0.05) is 16.9 Å². The Hall–Kier alpha value is -3.48. The van der Waals surface area contributed by atoms with Crippen LogP contribution in [0, 0.1) is 5.41 Å². The van der Waals surface area contributed by atoms with Crippen molar-refractivity contribution in [2.24, 2.45) is 5.41 Å². The Morgan fingerprint density at radius 1 is 1.15 bits per heavy atom. The highest BCUT2D eigenvalue weighted by atomic mass is 32.2. The summed E-state index contributed by atoms with van der Waals surface area (Å²) >= 11 is 5.14. The second-order valence-electron chi connectivity index (χ2n) is 11.9. The van der Waals surface area contributed by atoms with Crippen LogP contribution in [0.2, 0.25) is 0 Å². The molecule has 0 bridgehead atoms. The number of thiazole rings is 1. The molecule has 46 heavy (non-hydrogen) atoms. The van der Waals surface area contributed by atoms with Gasteiger partial charge in [-0.15, -0.1) is 40.0 Å². The summed E-state index contributed by atoms with van der Waals surface area (Å²) in [7, 11) is 0. The number of amides is 3. The maximum Gasteiger partial charge on any atom is 0.413 e. The quantitative estimate of drug-likeness (QED) is 0.117. The Morgan fingerprint density at radius 3 is 2.52 bits per heavy atom. The van der Waals surface area contributed by atoms with Gasteiger partial charge in [-0.1, -0.05) is 10.6 Å². The smallest absolute Gasteiger partial charge is 0.413 e. The van der Waals surface area contributed by atoms with E-state index in [-0.39, 0.29) is 16.4 Å². The summed E-state index contributed by atoms with van der Waals surface area (Å²) < 4.78 is 20.3. The Kier molecular flexibility index (Phi) is 11.2. The zero-order valence-electron chi connectivity index (χ0n) is 26.2. The summed E-state index contributed by atoms with van der Waals surface area (Å²) in [5, 5.41) is 10.4. The number of β-lactam (4-membered cyclic amide) rings is 1. The maximum absolute atomic E-state index is 13.5. The second kappa shape index (κ2) is 14.5.